The van der Waals surface area contributed by atoms with E-state index < -0.39 is 16.0 Å². The first-order valence-electron chi connectivity index (χ1n) is 6.78. The average molecular weight is 319 g/mol. The van der Waals surface area contributed by atoms with E-state index in [1.54, 1.807) is 44.2 Å². The molecule has 0 aliphatic rings. The van der Waals surface area contributed by atoms with Crippen molar-refractivity contribution in [1.29, 1.82) is 0 Å². The van der Waals surface area contributed by atoms with E-state index in [4.69, 9.17) is 4.74 Å². The molecule has 5 nitrogen and oxygen atoms in total. The molecule has 0 aromatic heterocycles. The summed E-state index contributed by atoms with van der Waals surface area (Å²) in [6.07, 6.45) is 0. The fourth-order valence-corrected chi connectivity index (χ4v) is 3.11. The van der Waals surface area contributed by atoms with Crippen LogP contribution >= 0.6 is 0 Å². The van der Waals surface area contributed by atoms with E-state index in [-0.39, 0.29) is 16.7 Å². The third kappa shape index (κ3) is 4.16. The summed E-state index contributed by atoms with van der Waals surface area (Å²) in [7, 11) is -3.62. The number of esters is 1. The summed E-state index contributed by atoms with van der Waals surface area (Å²) >= 11 is 0. The second-order valence-electron chi connectivity index (χ2n) is 5.01. The van der Waals surface area contributed by atoms with Gasteiger partial charge in [-0.1, -0.05) is 24.3 Å². The Morgan fingerprint density at radius 2 is 1.73 bits per heavy atom. The third-order valence-electron chi connectivity index (χ3n) is 2.73. The molecule has 0 saturated heterocycles. The van der Waals surface area contributed by atoms with Crippen molar-refractivity contribution in [3.05, 3.63) is 60.2 Å². The number of carbonyl (C=O) groups excluding carboxylic acids is 1. The highest BCUT2D eigenvalue weighted by atomic mass is 32.2. The molecule has 1 N–H and O–H groups in total. The van der Waals surface area contributed by atoms with Crippen molar-refractivity contribution < 1.29 is 17.9 Å². The fourth-order valence-electron chi connectivity index (χ4n) is 1.82. The van der Waals surface area contributed by atoms with Crippen molar-refractivity contribution >= 4 is 16.0 Å². The Bertz CT molecular complexity index is 755. The molecule has 0 heterocycles. The van der Waals surface area contributed by atoms with Crippen LogP contribution in [0, 0.1) is 0 Å². The molecule has 0 bridgehead atoms. The number of sulfonamides is 1. The standard InChI is InChI=1S/C16H17NO4S/c1-12(2)17-22(19,20)15-10-6-9-14(11-15)21-16(18)13-7-4-3-5-8-13/h3-12,17H,1-2H3. The molecule has 2 aromatic carbocycles. The van der Waals surface area contributed by atoms with E-state index in [2.05, 4.69) is 4.72 Å². The number of carbonyl (C=O) groups is 1. The van der Waals surface area contributed by atoms with Crippen LogP contribution in [-0.4, -0.2) is 20.4 Å². The van der Waals surface area contributed by atoms with Gasteiger partial charge >= 0.3 is 5.97 Å². The van der Waals surface area contributed by atoms with Crippen LogP contribution in [-0.2, 0) is 10.0 Å². The highest BCUT2D eigenvalue weighted by Gasteiger charge is 2.17. The first-order chi connectivity index (χ1) is 10.4. The van der Waals surface area contributed by atoms with Gasteiger partial charge in [0.25, 0.3) is 0 Å². The summed E-state index contributed by atoms with van der Waals surface area (Å²) in [5.74, 6) is -0.354. The highest BCUT2D eigenvalue weighted by Crippen LogP contribution is 2.19. The Hall–Kier alpha value is -2.18. The molecule has 0 aliphatic heterocycles. The molecule has 0 amide bonds. The predicted octanol–water partition coefficient (Wildman–Crippen LogP) is 2.59. The molecule has 6 heteroatoms. The zero-order valence-corrected chi connectivity index (χ0v) is 13.1. The van der Waals surface area contributed by atoms with E-state index in [0.717, 1.165) is 0 Å². The van der Waals surface area contributed by atoms with Crippen LogP contribution in [0.15, 0.2) is 59.5 Å². The van der Waals surface area contributed by atoms with Crippen LogP contribution < -0.4 is 9.46 Å². The van der Waals surface area contributed by atoms with Gasteiger partial charge in [-0.3, -0.25) is 0 Å². The number of rotatable bonds is 5. The molecule has 116 valence electrons. The second-order valence-corrected chi connectivity index (χ2v) is 6.72. The molecule has 0 aliphatic carbocycles. The lowest BCUT2D eigenvalue weighted by atomic mass is 10.2. The normalized spacial score (nSPS) is 11.4. The average Bonchev–Trinajstić information content (AvgIpc) is 2.47. The first kappa shape index (κ1) is 16.2. The molecular weight excluding hydrogens is 302 g/mol. The minimum absolute atomic E-state index is 0.0551. The summed E-state index contributed by atoms with van der Waals surface area (Å²) in [5.41, 5.74) is 0.399. The Balaban J connectivity index is 2.21. The molecule has 2 aromatic rings. The number of benzene rings is 2. The number of nitrogens with one attached hydrogen (secondary N) is 1. The monoisotopic (exact) mass is 319 g/mol. The summed E-state index contributed by atoms with van der Waals surface area (Å²) < 4.78 is 31.9. The molecule has 2 rings (SSSR count). The smallest absolute Gasteiger partial charge is 0.343 e. The van der Waals surface area contributed by atoms with Gasteiger partial charge in [-0.2, -0.15) is 0 Å². The van der Waals surface area contributed by atoms with Gasteiger partial charge < -0.3 is 4.74 Å². The number of ether oxygens (including phenoxy) is 1. The van der Waals surface area contributed by atoms with Crippen molar-refractivity contribution in [2.24, 2.45) is 0 Å². The van der Waals surface area contributed by atoms with Gasteiger partial charge in [-0.05, 0) is 38.1 Å². The van der Waals surface area contributed by atoms with E-state index in [9.17, 15) is 13.2 Å². The number of hydrogen-bond donors (Lipinski definition) is 1. The lowest BCUT2D eigenvalue weighted by molar-refractivity contribution is 0.0734. The SMILES string of the molecule is CC(C)NS(=O)(=O)c1cccc(OC(=O)c2ccccc2)c1. The maximum atomic E-state index is 12.1. The van der Waals surface area contributed by atoms with Crippen LogP contribution in [0.4, 0.5) is 0 Å². The van der Waals surface area contributed by atoms with Gasteiger partial charge in [0, 0.05) is 12.1 Å². The molecule has 0 fully saturated rings. The minimum Gasteiger partial charge on any atom is -0.423 e. The molecule has 0 saturated carbocycles. The minimum atomic E-state index is -3.62. The molecular formula is C16H17NO4S. The Morgan fingerprint density at radius 1 is 1.05 bits per heavy atom. The van der Waals surface area contributed by atoms with Crippen LogP contribution in [0.1, 0.15) is 24.2 Å². The summed E-state index contributed by atoms with van der Waals surface area (Å²) in [5, 5.41) is 0. The summed E-state index contributed by atoms with van der Waals surface area (Å²) in [6, 6.07) is 14.1. The highest BCUT2D eigenvalue weighted by molar-refractivity contribution is 7.89. The molecule has 0 unspecified atom stereocenters. The van der Waals surface area contributed by atoms with Crippen LogP contribution in [0.3, 0.4) is 0 Å². The van der Waals surface area contributed by atoms with Crippen LogP contribution in [0.2, 0.25) is 0 Å². The van der Waals surface area contributed by atoms with Gasteiger partial charge in [0.05, 0.1) is 10.5 Å². The topological polar surface area (TPSA) is 72.5 Å². The Kier molecular flexibility index (Phi) is 4.95. The first-order valence-corrected chi connectivity index (χ1v) is 8.26. The van der Waals surface area contributed by atoms with Crippen molar-refractivity contribution in [2.75, 3.05) is 0 Å². The summed E-state index contributed by atoms with van der Waals surface area (Å²) in [6.45, 7) is 3.47. The molecule has 0 spiro atoms. The Labute approximate surface area is 130 Å². The fraction of sp³-hybridized carbons (Fsp3) is 0.188. The van der Waals surface area contributed by atoms with Crippen molar-refractivity contribution in [2.45, 2.75) is 24.8 Å². The van der Waals surface area contributed by atoms with Crippen molar-refractivity contribution in [3.63, 3.8) is 0 Å². The maximum absolute atomic E-state index is 12.1. The maximum Gasteiger partial charge on any atom is 0.343 e. The zero-order valence-electron chi connectivity index (χ0n) is 12.3. The van der Waals surface area contributed by atoms with E-state index in [1.807, 2.05) is 0 Å². The third-order valence-corrected chi connectivity index (χ3v) is 4.38. The largest absolute Gasteiger partial charge is 0.423 e. The van der Waals surface area contributed by atoms with Gasteiger partial charge in [0.15, 0.2) is 0 Å². The van der Waals surface area contributed by atoms with Crippen LogP contribution in [0.25, 0.3) is 0 Å². The van der Waals surface area contributed by atoms with Gasteiger partial charge in [0.2, 0.25) is 10.0 Å². The Morgan fingerprint density at radius 3 is 2.36 bits per heavy atom. The van der Waals surface area contributed by atoms with Gasteiger partial charge in [0.1, 0.15) is 5.75 Å². The van der Waals surface area contributed by atoms with E-state index >= 15 is 0 Å². The van der Waals surface area contributed by atoms with Crippen molar-refractivity contribution in [3.8, 4) is 5.75 Å². The second kappa shape index (κ2) is 6.72. The van der Waals surface area contributed by atoms with Crippen LogP contribution in [0.5, 0.6) is 5.75 Å². The summed E-state index contributed by atoms with van der Waals surface area (Å²) in [4.78, 5) is 12.0. The molecule has 0 radical (unpaired) electrons. The van der Waals surface area contributed by atoms with Gasteiger partial charge in [-0.15, -0.1) is 0 Å². The van der Waals surface area contributed by atoms with Gasteiger partial charge in [-0.25, -0.2) is 17.9 Å². The number of hydrogen-bond acceptors (Lipinski definition) is 4. The predicted molar refractivity (Wildman–Crippen MR) is 83.3 cm³/mol. The zero-order chi connectivity index (χ0) is 16.2. The lowest BCUT2D eigenvalue weighted by Gasteiger charge is -2.10. The quantitative estimate of drug-likeness (QED) is 0.679. The molecule has 22 heavy (non-hydrogen) atoms. The lowest BCUT2D eigenvalue weighted by Crippen LogP contribution is -2.30. The molecule has 0 atom stereocenters. The van der Waals surface area contributed by atoms with E-state index in [0.29, 0.717) is 5.56 Å². The van der Waals surface area contributed by atoms with E-state index in [1.165, 1.54) is 24.3 Å². The van der Waals surface area contributed by atoms with Crippen molar-refractivity contribution in [1.82, 2.24) is 4.72 Å².